The minimum Gasteiger partial charge on any atom is -0.480 e. The number of amides is 1. The first-order valence-electron chi connectivity index (χ1n) is 6.38. The zero-order valence-electron chi connectivity index (χ0n) is 12.0. The van der Waals surface area contributed by atoms with Crippen LogP contribution in [0.15, 0.2) is 24.3 Å². The normalized spacial score (nSPS) is 12.8. The number of alkyl halides is 2. The Bertz CT molecular complexity index is 534. The molecule has 0 fully saturated rings. The van der Waals surface area contributed by atoms with Crippen LogP contribution in [-0.4, -0.2) is 35.1 Å². The zero-order chi connectivity index (χ0) is 16.9. The third-order valence-corrected chi connectivity index (χ3v) is 3.00. The lowest BCUT2D eigenvalue weighted by Gasteiger charge is -2.27. The summed E-state index contributed by atoms with van der Waals surface area (Å²) in [4.78, 5) is 23.0. The second kappa shape index (κ2) is 7.40. The molecule has 1 unspecified atom stereocenters. The van der Waals surface area contributed by atoms with Crippen molar-refractivity contribution in [2.45, 2.75) is 38.3 Å². The summed E-state index contributed by atoms with van der Waals surface area (Å²) in [5, 5.41) is 11.4. The van der Waals surface area contributed by atoms with E-state index in [4.69, 9.17) is 21.4 Å². The number of carboxylic acid groups (broad SMARTS) is 1. The highest BCUT2D eigenvalue weighted by Gasteiger charge is 2.34. The maximum absolute atomic E-state index is 12.3. The molecule has 1 aromatic carbocycles. The van der Waals surface area contributed by atoms with Crippen LogP contribution in [0.5, 0.6) is 5.75 Å². The molecule has 1 atom stereocenters. The molecule has 8 heteroatoms. The van der Waals surface area contributed by atoms with E-state index in [1.165, 1.54) is 26.0 Å². The van der Waals surface area contributed by atoms with Crippen LogP contribution < -0.4 is 10.1 Å². The van der Waals surface area contributed by atoms with Crippen molar-refractivity contribution in [2.75, 3.05) is 0 Å². The fraction of sp³-hybridized carbons (Fsp3) is 0.429. The quantitative estimate of drug-likeness (QED) is 0.803. The van der Waals surface area contributed by atoms with E-state index >= 15 is 0 Å². The van der Waals surface area contributed by atoms with Gasteiger partial charge in [0.25, 0.3) is 5.91 Å². The Hall–Kier alpha value is -1.89. The maximum Gasteiger partial charge on any atom is 0.326 e. The Balaban J connectivity index is 2.76. The van der Waals surface area contributed by atoms with Crippen molar-refractivity contribution < 1.29 is 28.2 Å². The van der Waals surface area contributed by atoms with E-state index in [9.17, 15) is 18.4 Å². The van der Waals surface area contributed by atoms with Crippen LogP contribution in [0.1, 0.15) is 20.3 Å². The van der Waals surface area contributed by atoms with Gasteiger partial charge in [-0.2, -0.15) is 0 Å². The van der Waals surface area contributed by atoms with Gasteiger partial charge in [0, 0.05) is 11.4 Å². The van der Waals surface area contributed by atoms with Gasteiger partial charge in [0.05, 0.1) is 0 Å². The molecular weight excluding hydrogens is 320 g/mol. The minimum atomic E-state index is -2.85. The first-order chi connectivity index (χ1) is 10.1. The Morgan fingerprint density at radius 1 is 1.32 bits per heavy atom. The van der Waals surface area contributed by atoms with E-state index < -0.39 is 36.4 Å². The summed E-state index contributed by atoms with van der Waals surface area (Å²) in [5.74, 6) is -2.00. The van der Waals surface area contributed by atoms with Gasteiger partial charge >= 0.3 is 5.97 Å². The third-order valence-electron chi connectivity index (χ3n) is 2.75. The molecule has 0 bridgehead atoms. The number of carbonyl (C=O) groups excluding carboxylic acids is 1. The molecule has 22 heavy (non-hydrogen) atoms. The van der Waals surface area contributed by atoms with Gasteiger partial charge in [0.15, 0.2) is 5.60 Å². The summed E-state index contributed by atoms with van der Waals surface area (Å²) in [6.45, 7) is 2.80. The van der Waals surface area contributed by atoms with Crippen molar-refractivity contribution in [3.63, 3.8) is 0 Å². The first-order valence-corrected chi connectivity index (χ1v) is 6.76. The van der Waals surface area contributed by atoms with Crippen molar-refractivity contribution in [2.24, 2.45) is 0 Å². The van der Waals surface area contributed by atoms with Crippen LogP contribution in [0.3, 0.4) is 0 Å². The van der Waals surface area contributed by atoms with E-state index in [1.807, 2.05) is 0 Å². The van der Waals surface area contributed by atoms with Crippen molar-refractivity contribution in [3.05, 3.63) is 29.3 Å². The average molecular weight is 336 g/mol. The summed E-state index contributed by atoms with van der Waals surface area (Å²) < 4.78 is 30.1. The monoisotopic (exact) mass is 335 g/mol. The highest BCUT2D eigenvalue weighted by atomic mass is 35.5. The maximum atomic E-state index is 12.3. The third kappa shape index (κ3) is 5.48. The van der Waals surface area contributed by atoms with Gasteiger partial charge in [0.1, 0.15) is 11.8 Å². The Morgan fingerprint density at radius 2 is 1.86 bits per heavy atom. The van der Waals surface area contributed by atoms with Crippen LogP contribution in [0.2, 0.25) is 5.02 Å². The SMILES string of the molecule is CC(C)(Oc1ccc(Cl)cc1)C(=O)NC(CC(F)F)C(=O)O. The van der Waals surface area contributed by atoms with Gasteiger partial charge < -0.3 is 15.2 Å². The Morgan fingerprint density at radius 3 is 2.32 bits per heavy atom. The lowest BCUT2D eigenvalue weighted by Crippen LogP contribution is -2.52. The molecule has 2 N–H and O–H groups in total. The summed E-state index contributed by atoms with van der Waals surface area (Å²) >= 11 is 5.73. The molecule has 0 saturated carbocycles. The highest BCUT2D eigenvalue weighted by Crippen LogP contribution is 2.21. The van der Waals surface area contributed by atoms with Gasteiger partial charge in [-0.05, 0) is 38.1 Å². The average Bonchev–Trinajstić information content (AvgIpc) is 2.39. The van der Waals surface area contributed by atoms with E-state index in [0.29, 0.717) is 10.8 Å². The molecule has 0 aliphatic heterocycles. The fourth-order valence-corrected chi connectivity index (χ4v) is 1.70. The number of aliphatic carboxylic acids is 1. The number of carbonyl (C=O) groups is 2. The second-order valence-electron chi connectivity index (χ2n) is 5.06. The van der Waals surface area contributed by atoms with Crippen molar-refractivity contribution >= 4 is 23.5 Å². The number of carboxylic acids is 1. The van der Waals surface area contributed by atoms with Crippen LogP contribution in [0, 0.1) is 0 Å². The van der Waals surface area contributed by atoms with Crippen LogP contribution >= 0.6 is 11.6 Å². The fourth-order valence-electron chi connectivity index (χ4n) is 1.58. The van der Waals surface area contributed by atoms with Gasteiger partial charge in [-0.3, -0.25) is 4.79 Å². The molecule has 1 amide bonds. The number of hydrogen-bond acceptors (Lipinski definition) is 3. The lowest BCUT2D eigenvalue weighted by molar-refractivity contribution is -0.146. The van der Waals surface area contributed by atoms with Gasteiger partial charge in [-0.25, -0.2) is 13.6 Å². The van der Waals surface area contributed by atoms with E-state index in [1.54, 1.807) is 12.1 Å². The molecular formula is C14H16ClF2NO4. The molecule has 122 valence electrons. The number of rotatable bonds is 7. The van der Waals surface area contributed by atoms with Gasteiger partial charge in [0.2, 0.25) is 6.43 Å². The molecule has 0 aliphatic carbocycles. The Kier molecular flexibility index (Phi) is 6.11. The van der Waals surface area contributed by atoms with Crippen molar-refractivity contribution in [1.82, 2.24) is 5.32 Å². The topological polar surface area (TPSA) is 75.6 Å². The van der Waals surface area contributed by atoms with E-state index in [0.717, 1.165) is 0 Å². The van der Waals surface area contributed by atoms with Gasteiger partial charge in [-0.1, -0.05) is 11.6 Å². The van der Waals surface area contributed by atoms with Gasteiger partial charge in [-0.15, -0.1) is 0 Å². The number of benzene rings is 1. The number of hydrogen-bond donors (Lipinski definition) is 2. The molecule has 5 nitrogen and oxygen atoms in total. The molecule has 0 radical (unpaired) electrons. The van der Waals surface area contributed by atoms with Crippen molar-refractivity contribution in [3.8, 4) is 5.75 Å². The highest BCUT2D eigenvalue weighted by molar-refractivity contribution is 6.30. The summed E-state index contributed by atoms with van der Waals surface area (Å²) in [5.41, 5.74) is -1.44. The summed E-state index contributed by atoms with van der Waals surface area (Å²) in [6, 6.07) is 4.50. The molecule has 1 rings (SSSR count). The van der Waals surface area contributed by atoms with E-state index in [-0.39, 0.29) is 0 Å². The predicted octanol–water partition coefficient (Wildman–Crippen LogP) is 2.72. The lowest BCUT2D eigenvalue weighted by atomic mass is 10.1. The minimum absolute atomic E-state index is 0.338. The smallest absolute Gasteiger partial charge is 0.326 e. The van der Waals surface area contributed by atoms with Crippen molar-refractivity contribution in [1.29, 1.82) is 0 Å². The predicted molar refractivity (Wildman–Crippen MR) is 76.3 cm³/mol. The van der Waals surface area contributed by atoms with Crippen LogP contribution in [0.25, 0.3) is 0 Å². The van der Waals surface area contributed by atoms with Crippen LogP contribution in [-0.2, 0) is 9.59 Å². The first kappa shape index (κ1) is 18.2. The van der Waals surface area contributed by atoms with Crippen LogP contribution in [0.4, 0.5) is 8.78 Å². The number of halogens is 3. The standard InChI is InChI=1S/C14H16ClF2NO4/c1-14(2,22-9-5-3-8(15)4-6-9)13(21)18-10(12(19)20)7-11(16)17/h3-6,10-11H,7H2,1-2H3,(H,18,21)(H,19,20). The molecule has 0 spiro atoms. The summed E-state index contributed by atoms with van der Waals surface area (Å²) in [7, 11) is 0. The Labute approximate surface area is 131 Å². The molecule has 0 aromatic heterocycles. The molecule has 0 aliphatic rings. The zero-order valence-corrected chi connectivity index (χ0v) is 12.7. The molecule has 1 aromatic rings. The number of ether oxygens (including phenoxy) is 1. The van der Waals surface area contributed by atoms with E-state index in [2.05, 4.69) is 5.32 Å². The number of nitrogens with one attached hydrogen (secondary N) is 1. The second-order valence-corrected chi connectivity index (χ2v) is 5.49. The molecule has 0 heterocycles. The molecule has 0 saturated heterocycles. The summed E-state index contributed by atoms with van der Waals surface area (Å²) in [6.07, 6.45) is -3.82. The largest absolute Gasteiger partial charge is 0.480 e.